The average molecular weight is 359 g/mol. The van der Waals surface area contributed by atoms with Crippen molar-refractivity contribution >= 4 is 39.1 Å². The van der Waals surface area contributed by atoms with Gasteiger partial charge in [-0.25, -0.2) is 0 Å². The second-order valence-electron chi connectivity index (χ2n) is 6.62. The van der Waals surface area contributed by atoms with Crippen LogP contribution in [-0.4, -0.2) is 16.5 Å². The Labute approximate surface area is 155 Å². The molecule has 0 atom stereocenters. The summed E-state index contributed by atoms with van der Waals surface area (Å²) < 4.78 is 0. The molecule has 2 aromatic heterocycles. The molecule has 0 aliphatic carbocycles. The molecule has 1 aliphatic rings. The van der Waals surface area contributed by atoms with Gasteiger partial charge in [-0.2, -0.15) is 5.26 Å². The van der Waals surface area contributed by atoms with Crippen molar-refractivity contribution in [3.8, 4) is 6.07 Å². The fourth-order valence-electron chi connectivity index (χ4n) is 3.80. The van der Waals surface area contributed by atoms with Gasteiger partial charge in [-0.05, 0) is 42.5 Å². The fraction of sp³-hybridized carbons (Fsp3) is 0.143. The molecular weight excluding hydrogens is 344 g/mol. The molecule has 0 saturated heterocycles. The van der Waals surface area contributed by atoms with Crippen molar-refractivity contribution in [1.82, 2.24) is 9.97 Å². The molecule has 26 heavy (non-hydrogen) atoms. The molecule has 2 aromatic carbocycles. The maximum absolute atomic E-state index is 8.98. The van der Waals surface area contributed by atoms with E-state index in [1.54, 1.807) is 0 Å². The second kappa shape index (κ2) is 5.76. The van der Waals surface area contributed by atoms with E-state index in [1.165, 1.54) is 16.6 Å². The van der Waals surface area contributed by atoms with E-state index in [-0.39, 0.29) is 0 Å². The SMILES string of the molecule is N#Cc1ccc(N2CCc3[nH]c4c(cnc5cc(Cl)ccc54)c3C2)cc1. The van der Waals surface area contributed by atoms with E-state index in [1.807, 2.05) is 48.7 Å². The third-order valence-corrected chi connectivity index (χ3v) is 5.37. The zero-order valence-electron chi connectivity index (χ0n) is 14.0. The summed E-state index contributed by atoms with van der Waals surface area (Å²) in [4.78, 5) is 10.6. The number of fused-ring (bicyclic) bond motifs is 5. The number of aromatic amines is 1. The summed E-state index contributed by atoms with van der Waals surface area (Å²) in [5, 5.41) is 12.0. The average Bonchev–Trinajstić information content (AvgIpc) is 3.06. The van der Waals surface area contributed by atoms with Gasteiger partial charge in [0.15, 0.2) is 0 Å². The lowest BCUT2D eigenvalue weighted by molar-refractivity contribution is 0.726. The van der Waals surface area contributed by atoms with Crippen molar-refractivity contribution in [1.29, 1.82) is 5.26 Å². The van der Waals surface area contributed by atoms with Gasteiger partial charge < -0.3 is 9.88 Å². The van der Waals surface area contributed by atoms with Crippen LogP contribution in [0.5, 0.6) is 0 Å². The first-order valence-corrected chi connectivity index (χ1v) is 8.93. The predicted octanol–water partition coefficient (Wildman–Crippen LogP) is 4.80. The molecule has 0 radical (unpaired) electrons. The number of hydrogen-bond acceptors (Lipinski definition) is 3. The van der Waals surface area contributed by atoms with Crippen LogP contribution in [0, 0.1) is 11.3 Å². The Kier molecular flexibility index (Phi) is 3.37. The lowest BCUT2D eigenvalue weighted by atomic mass is 10.0. The predicted molar refractivity (Wildman–Crippen MR) is 105 cm³/mol. The van der Waals surface area contributed by atoms with Gasteiger partial charge in [-0.1, -0.05) is 11.6 Å². The fourth-order valence-corrected chi connectivity index (χ4v) is 3.96. The highest BCUT2D eigenvalue weighted by atomic mass is 35.5. The summed E-state index contributed by atoms with van der Waals surface area (Å²) in [6, 6.07) is 15.8. The van der Waals surface area contributed by atoms with E-state index in [0.29, 0.717) is 10.6 Å². The summed E-state index contributed by atoms with van der Waals surface area (Å²) in [5.74, 6) is 0. The molecule has 5 heteroatoms. The van der Waals surface area contributed by atoms with Crippen molar-refractivity contribution < 1.29 is 0 Å². The van der Waals surface area contributed by atoms with Crippen molar-refractivity contribution in [2.75, 3.05) is 11.4 Å². The Hall–Kier alpha value is -3.03. The summed E-state index contributed by atoms with van der Waals surface area (Å²) >= 11 is 6.10. The molecule has 3 heterocycles. The molecule has 1 aliphatic heterocycles. The smallest absolute Gasteiger partial charge is 0.0991 e. The zero-order valence-corrected chi connectivity index (χ0v) is 14.7. The van der Waals surface area contributed by atoms with Crippen LogP contribution in [0.3, 0.4) is 0 Å². The summed E-state index contributed by atoms with van der Waals surface area (Å²) in [5.41, 5.74) is 6.47. The minimum atomic E-state index is 0.688. The second-order valence-corrected chi connectivity index (χ2v) is 7.06. The summed E-state index contributed by atoms with van der Waals surface area (Å²) in [6.07, 6.45) is 2.91. The number of aromatic nitrogens is 2. The minimum absolute atomic E-state index is 0.688. The molecule has 4 nitrogen and oxygen atoms in total. The van der Waals surface area contributed by atoms with E-state index in [0.717, 1.165) is 41.6 Å². The number of nitrogens with one attached hydrogen (secondary N) is 1. The number of pyridine rings is 1. The van der Waals surface area contributed by atoms with Crippen molar-refractivity contribution in [3.05, 3.63) is 70.5 Å². The van der Waals surface area contributed by atoms with Crippen LogP contribution in [0.15, 0.2) is 48.7 Å². The van der Waals surface area contributed by atoms with Crippen LogP contribution in [0.1, 0.15) is 16.8 Å². The zero-order chi connectivity index (χ0) is 17.7. The van der Waals surface area contributed by atoms with Gasteiger partial charge in [-0.3, -0.25) is 4.98 Å². The number of H-pyrrole nitrogens is 1. The molecule has 126 valence electrons. The van der Waals surface area contributed by atoms with E-state index in [4.69, 9.17) is 16.9 Å². The molecule has 0 bridgehead atoms. The number of halogens is 1. The van der Waals surface area contributed by atoms with Gasteiger partial charge in [-0.15, -0.1) is 0 Å². The van der Waals surface area contributed by atoms with Crippen molar-refractivity contribution in [2.24, 2.45) is 0 Å². The highest BCUT2D eigenvalue weighted by Crippen LogP contribution is 2.33. The first-order chi connectivity index (χ1) is 12.7. The number of anilines is 1. The molecule has 1 N–H and O–H groups in total. The Morgan fingerprint density at radius 1 is 1.12 bits per heavy atom. The lowest BCUT2D eigenvalue weighted by Gasteiger charge is -2.29. The van der Waals surface area contributed by atoms with E-state index in [9.17, 15) is 0 Å². The highest BCUT2D eigenvalue weighted by molar-refractivity contribution is 6.31. The van der Waals surface area contributed by atoms with Gasteiger partial charge >= 0.3 is 0 Å². The Morgan fingerprint density at radius 3 is 2.77 bits per heavy atom. The van der Waals surface area contributed by atoms with Gasteiger partial charge in [0.2, 0.25) is 0 Å². The number of hydrogen-bond donors (Lipinski definition) is 1. The largest absolute Gasteiger partial charge is 0.367 e. The third kappa shape index (κ3) is 2.33. The summed E-state index contributed by atoms with van der Waals surface area (Å²) in [7, 11) is 0. The standard InChI is InChI=1S/C21H15ClN4/c22-14-3-6-16-20(9-14)24-11-17-18-12-26(8-7-19(18)25-21(16)17)15-4-1-13(10-23)2-5-15/h1-6,9,11,25H,7-8,12H2. The number of nitriles is 1. The molecule has 0 spiro atoms. The number of benzene rings is 2. The van der Waals surface area contributed by atoms with Crippen molar-refractivity contribution in [2.45, 2.75) is 13.0 Å². The molecule has 0 fully saturated rings. The van der Waals surface area contributed by atoms with Crippen LogP contribution < -0.4 is 4.90 Å². The molecule has 4 aromatic rings. The maximum atomic E-state index is 8.98. The number of nitrogens with zero attached hydrogens (tertiary/aromatic N) is 3. The van der Waals surface area contributed by atoms with Crippen molar-refractivity contribution in [3.63, 3.8) is 0 Å². The van der Waals surface area contributed by atoms with Gasteiger partial charge in [0, 0.05) is 58.4 Å². The molecule has 0 saturated carbocycles. The Bertz CT molecular complexity index is 1180. The monoisotopic (exact) mass is 358 g/mol. The quantitative estimate of drug-likeness (QED) is 0.531. The van der Waals surface area contributed by atoms with E-state index in [2.05, 4.69) is 20.9 Å². The Balaban J connectivity index is 1.59. The van der Waals surface area contributed by atoms with Crippen LogP contribution in [0.4, 0.5) is 5.69 Å². The first-order valence-electron chi connectivity index (χ1n) is 8.56. The van der Waals surface area contributed by atoms with E-state index < -0.39 is 0 Å². The third-order valence-electron chi connectivity index (χ3n) is 5.14. The summed E-state index contributed by atoms with van der Waals surface area (Å²) in [6.45, 7) is 1.78. The lowest BCUT2D eigenvalue weighted by Crippen LogP contribution is -2.29. The first kappa shape index (κ1) is 15.2. The maximum Gasteiger partial charge on any atom is 0.0991 e. The molecule has 0 amide bonds. The van der Waals surface area contributed by atoms with Crippen LogP contribution in [0.2, 0.25) is 5.02 Å². The Morgan fingerprint density at radius 2 is 1.96 bits per heavy atom. The highest BCUT2D eigenvalue weighted by Gasteiger charge is 2.22. The molecular formula is C21H15ClN4. The van der Waals surface area contributed by atoms with Crippen LogP contribution in [-0.2, 0) is 13.0 Å². The van der Waals surface area contributed by atoms with Gasteiger partial charge in [0.05, 0.1) is 22.7 Å². The number of rotatable bonds is 1. The minimum Gasteiger partial charge on any atom is -0.367 e. The topological polar surface area (TPSA) is 55.7 Å². The van der Waals surface area contributed by atoms with E-state index >= 15 is 0 Å². The van der Waals surface area contributed by atoms with Crippen LogP contribution in [0.25, 0.3) is 21.8 Å². The van der Waals surface area contributed by atoms with Gasteiger partial charge in [0.1, 0.15) is 0 Å². The van der Waals surface area contributed by atoms with Gasteiger partial charge in [0.25, 0.3) is 0 Å². The van der Waals surface area contributed by atoms with Crippen LogP contribution >= 0.6 is 11.6 Å². The molecule has 5 rings (SSSR count). The molecule has 0 unspecified atom stereocenters. The normalized spacial score (nSPS) is 13.8.